The smallest absolute Gasteiger partial charge is 0.145 e. The summed E-state index contributed by atoms with van der Waals surface area (Å²) in [5.41, 5.74) is 7.40. The summed E-state index contributed by atoms with van der Waals surface area (Å²) in [6.45, 7) is 0. The summed E-state index contributed by atoms with van der Waals surface area (Å²) in [5, 5.41) is 0. The molecule has 0 saturated carbocycles. The molecule has 2 nitrogen and oxygen atoms in total. The van der Waals surface area contributed by atoms with Gasteiger partial charge in [0.05, 0.1) is 11.4 Å². The van der Waals surface area contributed by atoms with Gasteiger partial charge in [-0.15, -0.1) is 5.73 Å². The van der Waals surface area contributed by atoms with Crippen LogP contribution in [0.2, 0.25) is 0 Å². The molecule has 0 radical (unpaired) electrons. The van der Waals surface area contributed by atoms with Crippen molar-refractivity contribution in [2.45, 2.75) is 0 Å². The van der Waals surface area contributed by atoms with E-state index in [-0.39, 0.29) is 0 Å². The van der Waals surface area contributed by atoms with Gasteiger partial charge in [-0.3, -0.25) is 4.57 Å². The number of hydrogen-bond donors (Lipinski definition) is 0. The molecule has 22 heavy (non-hydrogen) atoms. The van der Waals surface area contributed by atoms with Gasteiger partial charge in [-0.05, 0) is 24.3 Å². The molecule has 0 spiro atoms. The van der Waals surface area contributed by atoms with Crippen LogP contribution in [0.15, 0.2) is 78.5 Å². The second-order valence-corrected chi connectivity index (χ2v) is 5.08. The average molecular weight is 282 g/mol. The standard InChI is InChI=1S/C20H14N2/c1-4-10-16(11-5-1)20-21-18-14-8-3-9-15-19(18)22(20)17-12-6-2-7-13-17/h1-8,10-15H. The minimum atomic E-state index is 0.946. The van der Waals surface area contributed by atoms with E-state index in [9.17, 15) is 0 Å². The Labute approximate surface area is 129 Å². The molecule has 4 rings (SSSR count). The molecule has 0 bridgehead atoms. The Morgan fingerprint density at radius 2 is 1.59 bits per heavy atom. The minimum Gasteiger partial charge on any atom is -0.292 e. The third kappa shape index (κ3) is 2.12. The molecule has 0 atom stereocenters. The Hall–Kier alpha value is -3.09. The average Bonchev–Trinajstić information content (AvgIpc) is 2.79. The molecule has 0 amide bonds. The third-order valence-electron chi connectivity index (χ3n) is 3.65. The van der Waals surface area contributed by atoms with Crippen LogP contribution in [0, 0.1) is 0 Å². The minimum absolute atomic E-state index is 0.946. The maximum absolute atomic E-state index is 4.84. The van der Waals surface area contributed by atoms with Crippen LogP contribution < -0.4 is 0 Å². The molecule has 2 heteroatoms. The number of allylic oxidation sites excluding steroid dienone is 2. The van der Waals surface area contributed by atoms with Gasteiger partial charge in [0.1, 0.15) is 5.82 Å². The molecule has 1 aromatic heterocycles. The van der Waals surface area contributed by atoms with Crippen LogP contribution in [0.5, 0.6) is 0 Å². The number of hydrogen-bond acceptors (Lipinski definition) is 1. The van der Waals surface area contributed by atoms with Crippen molar-refractivity contribution in [3.8, 4) is 17.1 Å². The van der Waals surface area contributed by atoms with Gasteiger partial charge in [-0.25, -0.2) is 4.98 Å². The van der Waals surface area contributed by atoms with Gasteiger partial charge < -0.3 is 0 Å². The molecule has 0 N–H and O–H groups in total. The SMILES string of the molecule is C1=CC=Cc2nc(-c3ccccc3)n(-c3ccccc3)c2C=1. The lowest BCUT2D eigenvalue weighted by atomic mass is 10.2. The van der Waals surface area contributed by atoms with Crippen LogP contribution in [0.4, 0.5) is 0 Å². The molecule has 0 aliphatic heterocycles. The zero-order valence-electron chi connectivity index (χ0n) is 12.0. The molecule has 1 heterocycles. The highest BCUT2D eigenvalue weighted by molar-refractivity contribution is 5.71. The largest absolute Gasteiger partial charge is 0.292 e. The fraction of sp³-hybridized carbons (Fsp3) is 0. The Kier molecular flexibility index (Phi) is 3.08. The van der Waals surface area contributed by atoms with Crippen LogP contribution in [0.25, 0.3) is 29.2 Å². The van der Waals surface area contributed by atoms with Crippen molar-refractivity contribution < 1.29 is 0 Å². The van der Waals surface area contributed by atoms with E-state index in [4.69, 9.17) is 4.98 Å². The first-order valence-corrected chi connectivity index (χ1v) is 7.26. The number of nitrogens with zero attached hydrogens (tertiary/aromatic N) is 2. The monoisotopic (exact) mass is 282 g/mol. The lowest BCUT2D eigenvalue weighted by Gasteiger charge is -2.10. The van der Waals surface area contributed by atoms with E-state index in [1.54, 1.807) is 0 Å². The molecule has 2 aromatic carbocycles. The summed E-state index contributed by atoms with van der Waals surface area (Å²) in [7, 11) is 0. The number of rotatable bonds is 2. The fourth-order valence-electron chi connectivity index (χ4n) is 2.65. The molecule has 1 aliphatic carbocycles. The van der Waals surface area contributed by atoms with Gasteiger partial charge in [-0.2, -0.15) is 0 Å². The van der Waals surface area contributed by atoms with Crippen LogP contribution in [0.1, 0.15) is 11.4 Å². The predicted octanol–water partition coefficient (Wildman–Crippen LogP) is 4.73. The first-order valence-electron chi connectivity index (χ1n) is 7.26. The number of aromatic nitrogens is 2. The molecular weight excluding hydrogens is 268 g/mol. The predicted molar refractivity (Wildman–Crippen MR) is 90.6 cm³/mol. The van der Waals surface area contributed by atoms with Crippen molar-refractivity contribution in [1.82, 2.24) is 9.55 Å². The molecule has 0 unspecified atom stereocenters. The zero-order chi connectivity index (χ0) is 14.8. The summed E-state index contributed by atoms with van der Waals surface area (Å²) >= 11 is 0. The van der Waals surface area contributed by atoms with Crippen molar-refractivity contribution in [2.75, 3.05) is 0 Å². The third-order valence-corrected chi connectivity index (χ3v) is 3.65. The molecule has 0 fully saturated rings. The van der Waals surface area contributed by atoms with Crippen molar-refractivity contribution in [3.05, 3.63) is 89.9 Å². The summed E-state index contributed by atoms with van der Waals surface area (Å²) in [6, 6.07) is 20.6. The Morgan fingerprint density at radius 3 is 2.36 bits per heavy atom. The molecule has 0 saturated heterocycles. The fourth-order valence-corrected chi connectivity index (χ4v) is 2.65. The molecular formula is C20H14N2. The van der Waals surface area contributed by atoms with E-state index >= 15 is 0 Å². The highest BCUT2D eigenvalue weighted by Crippen LogP contribution is 2.28. The van der Waals surface area contributed by atoms with Gasteiger partial charge in [0.2, 0.25) is 0 Å². The van der Waals surface area contributed by atoms with E-state index in [1.165, 1.54) is 0 Å². The van der Waals surface area contributed by atoms with Crippen molar-refractivity contribution >= 4 is 12.2 Å². The Balaban J connectivity index is 2.04. The van der Waals surface area contributed by atoms with Gasteiger partial charge >= 0.3 is 0 Å². The normalized spacial score (nSPS) is 12.2. The number of fused-ring (bicyclic) bond motifs is 1. The Bertz CT molecular complexity index is 894. The van der Waals surface area contributed by atoms with Crippen LogP contribution in [-0.4, -0.2) is 9.55 Å². The second kappa shape index (κ2) is 5.36. The first kappa shape index (κ1) is 12.6. The summed E-state index contributed by atoms with van der Waals surface area (Å²) < 4.78 is 2.18. The van der Waals surface area contributed by atoms with Gasteiger partial charge in [0.15, 0.2) is 0 Å². The number of benzene rings is 2. The van der Waals surface area contributed by atoms with Crippen molar-refractivity contribution in [3.63, 3.8) is 0 Å². The van der Waals surface area contributed by atoms with E-state index in [0.717, 1.165) is 28.5 Å². The van der Waals surface area contributed by atoms with Gasteiger partial charge in [0, 0.05) is 17.3 Å². The van der Waals surface area contributed by atoms with Crippen molar-refractivity contribution in [2.24, 2.45) is 0 Å². The van der Waals surface area contributed by atoms with Gasteiger partial charge in [-0.1, -0.05) is 54.6 Å². The lowest BCUT2D eigenvalue weighted by molar-refractivity contribution is 1.05. The van der Waals surface area contributed by atoms with Crippen LogP contribution in [0.3, 0.4) is 0 Å². The first-order chi connectivity index (χ1) is 10.9. The molecule has 1 aliphatic rings. The van der Waals surface area contributed by atoms with Crippen molar-refractivity contribution in [1.29, 1.82) is 0 Å². The van der Waals surface area contributed by atoms with Crippen LogP contribution in [-0.2, 0) is 0 Å². The Morgan fingerprint density at radius 1 is 0.864 bits per heavy atom. The van der Waals surface area contributed by atoms with Gasteiger partial charge in [0.25, 0.3) is 0 Å². The van der Waals surface area contributed by atoms with E-state index < -0.39 is 0 Å². The topological polar surface area (TPSA) is 17.8 Å². The van der Waals surface area contributed by atoms with E-state index in [1.807, 2.05) is 60.7 Å². The molecule has 104 valence electrons. The maximum Gasteiger partial charge on any atom is 0.145 e. The van der Waals surface area contributed by atoms with Crippen LogP contribution >= 0.6 is 0 Å². The maximum atomic E-state index is 4.84. The summed E-state index contributed by atoms with van der Waals surface area (Å²) in [4.78, 5) is 4.84. The lowest BCUT2D eigenvalue weighted by Crippen LogP contribution is -1.99. The van der Waals surface area contributed by atoms with E-state index in [2.05, 4.69) is 34.6 Å². The highest BCUT2D eigenvalue weighted by atomic mass is 15.1. The number of para-hydroxylation sites is 1. The summed E-state index contributed by atoms with van der Waals surface area (Å²) in [6.07, 6.45) is 7.89. The number of imidazole rings is 1. The quantitative estimate of drug-likeness (QED) is 0.621. The molecule has 3 aromatic rings. The zero-order valence-corrected chi connectivity index (χ0v) is 12.0. The second-order valence-electron chi connectivity index (χ2n) is 5.08. The highest BCUT2D eigenvalue weighted by Gasteiger charge is 2.16. The summed E-state index contributed by atoms with van der Waals surface area (Å²) in [5.74, 6) is 0.946. The van der Waals surface area contributed by atoms with E-state index in [0.29, 0.717) is 0 Å².